The Morgan fingerprint density at radius 1 is 1.27 bits per heavy atom. The summed E-state index contributed by atoms with van der Waals surface area (Å²) in [6.45, 7) is 6.84. The van der Waals surface area contributed by atoms with Crippen molar-refractivity contribution in [2.24, 2.45) is 0 Å². The molecule has 0 saturated heterocycles. The van der Waals surface area contributed by atoms with Crippen LogP contribution in [-0.4, -0.2) is 7.11 Å². The number of methoxy groups -OCH3 is 1. The number of benzene rings is 1. The van der Waals surface area contributed by atoms with Gasteiger partial charge in [0, 0.05) is 0 Å². The maximum absolute atomic E-state index is 5.25. The van der Waals surface area contributed by atoms with Gasteiger partial charge in [-0.15, -0.1) is 0 Å². The van der Waals surface area contributed by atoms with E-state index >= 15 is 0 Å². The van der Waals surface area contributed by atoms with Crippen molar-refractivity contribution in [3.8, 4) is 5.75 Å². The van der Waals surface area contributed by atoms with Gasteiger partial charge in [0.25, 0.3) is 0 Å². The van der Waals surface area contributed by atoms with Gasteiger partial charge < -0.3 is 4.74 Å². The number of unbranched alkanes of at least 4 members (excludes halogenated alkanes) is 1. The van der Waals surface area contributed by atoms with E-state index in [2.05, 4.69) is 39.0 Å². The van der Waals surface area contributed by atoms with Crippen LogP contribution in [0.1, 0.15) is 45.6 Å². The van der Waals surface area contributed by atoms with Crippen molar-refractivity contribution < 1.29 is 4.74 Å². The molecule has 1 aromatic carbocycles. The molecule has 1 aromatic rings. The van der Waals surface area contributed by atoms with Crippen LogP contribution in [-0.2, 0) is 5.41 Å². The Bertz CT molecular complexity index is 302. The quantitative estimate of drug-likeness (QED) is 0.702. The van der Waals surface area contributed by atoms with Crippen LogP contribution < -0.4 is 4.74 Å². The first-order chi connectivity index (χ1) is 7.10. The fourth-order valence-electron chi connectivity index (χ4n) is 1.81. The normalized spacial score (nSPS) is 11.5. The Balaban J connectivity index is 2.83. The molecule has 0 saturated carbocycles. The number of ether oxygens (including phenoxy) is 1. The molecule has 0 radical (unpaired) electrons. The summed E-state index contributed by atoms with van der Waals surface area (Å²) >= 11 is 0. The summed E-state index contributed by atoms with van der Waals surface area (Å²) in [6, 6.07) is 8.41. The van der Waals surface area contributed by atoms with Crippen LogP contribution in [0.2, 0.25) is 0 Å². The molecule has 1 rings (SSSR count). The molecule has 0 heterocycles. The molecule has 0 amide bonds. The van der Waals surface area contributed by atoms with E-state index in [4.69, 9.17) is 4.74 Å². The SMILES string of the molecule is CCCCC(C)(C)c1cccc(OC)c1. The molecule has 0 N–H and O–H groups in total. The van der Waals surface area contributed by atoms with Crippen LogP contribution in [0.3, 0.4) is 0 Å². The van der Waals surface area contributed by atoms with Crippen LogP contribution in [0.5, 0.6) is 5.75 Å². The maximum Gasteiger partial charge on any atom is 0.119 e. The Kier molecular flexibility index (Phi) is 4.19. The zero-order valence-corrected chi connectivity index (χ0v) is 10.3. The molecule has 0 spiro atoms. The van der Waals surface area contributed by atoms with Gasteiger partial charge in [-0.3, -0.25) is 0 Å². The van der Waals surface area contributed by atoms with Gasteiger partial charge in [0.15, 0.2) is 0 Å². The van der Waals surface area contributed by atoms with Crippen molar-refractivity contribution in [1.29, 1.82) is 0 Å². The number of rotatable bonds is 5. The smallest absolute Gasteiger partial charge is 0.119 e. The van der Waals surface area contributed by atoms with E-state index in [1.165, 1.54) is 24.8 Å². The third-order valence-corrected chi connectivity index (χ3v) is 3.01. The van der Waals surface area contributed by atoms with Crippen LogP contribution >= 0.6 is 0 Å². The monoisotopic (exact) mass is 206 g/mol. The fraction of sp³-hybridized carbons (Fsp3) is 0.571. The second-order valence-corrected chi connectivity index (χ2v) is 4.72. The predicted octanol–water partition coefficient (Wildman–Crippen LogP) is 4.16. The van der Waals surface area contributed by atoms with Gasteiger partial charge in [0.1, 0.15) is 5.75 Å². The van der Waals surface area contributed by atoms with E-state index in [0.717, 1.165) is 5.75 Å². The van der Waals surface area contributed by atoms with Crippen LogP contribution in [0.25, 0.3) is 0 Å². The average Bonchev–Trinajstić information content (AvgIpc) is 2.26. The molecule has 0 aliphatic carbocycles. The van der Waals surface area contributed by atoms with Gasteiger partial charge >= 0.3 is 0 Å². The molecule has 0 bridgehead atoms. The molecule has 0 fully saturated rings. The van der Waals surface area contributed by atoms with Crippen molar-refractivity contribution in [3.05, 3.63) is 29.8 Å². The highest BCUT2D eigenvalue weighted by Crippen LogP contribution is 2.30. The molecule has 0 unspecified atom stereocenters. The van der Waals surface area contributed by atoms with E-state index in [9.17, 15) is 0 Å². The highest BCUT2D eigenvalue weighted by molar-refractivity contribution is 5.32. The predicted molar refractivity (Wildman–Crippen MR) is 65.5 cm³/mol. The standard InChI is InChI=1S/C14H22O/c1-5-6-10-14(2,3)12-8-7-9-13(11-12)15-4/h7-9,11H,5-6,10H2,1-4H3. The summed E-state index contributed by atoms with van der Waals surface area (Å²) < 4.78 is 5.25. The van der Waals surface area contributed by atoms with Crippen LogP contribution in [0, 0.1) is 0 Å². The van der Waals surface area contributed by atoms with Crippen LogP contribution in [0.15, 0.2) is 24.3 Å². The zero-order valence-electron chi connectivity index (χ0n) is 10.3. The topological polar surface area (TPSA) is 9.23 Å². The van der Waals surface area contributed by atoms with Crippen molar-refractivity contribution in [3.63, 3.8) is 0 Å². The van der Waals surface area contributed by atoms with Gasteiger partial charge in [-0.2, -0.15) is 0 Å². The first kappa shape index (κ1) is 12.1. The highest BCUT2D eigenvalue weighted by Gasteiger charge is 2.19. The van der Waals surface area contributed by atoms with E-state index < -0.39 is 0 Å². The van der Waals surface area contributed by atoms with Gasteiger partial charge in [0.2, 0.25) is 0 Å². The molecule has 84 valence electrons. The van der Waals surface area contributed by atoms with E-state index in [0.29, 0.717) is 0 Å². The molecule has 15 heavy (non-hydrogen) atoms. The second kappa shape index (κ2) is 5.20. The lowest BCUT2D eigenvalue weighted by Crippen LogP contribution is -2.16. The summed E-state index contributed by atoms with van der Waals surface area (Å²) in [5.74, 6) is 0.956. The van der Waals surface area contributed by atoms with Crippen LogP contribution in [0.4, 0.5) is 0 Å². The third-order valence-electron chi connectivity index (χ3n) is 3.01. The third kappa shape index (κ3) is 3.26. The van der Waals surface area contributed by atoms with E-state index in [1.54, 1.807) is 7.11 Å². The van der Waals surface area contributed by atoms with E-state index in [1.807, 2.05) is 6.07 Å². The Morgan fingerprint density at radius 3 is 2.60 bits per heavy atom. The summed E-state index contributed by atoms with van der Waals surface area (Å²) in [4.78, 5) is 0. The molecular weight excluding hydrogens is 184 g/mol. The minimum Gasteiger partial charge on any atom is -0.497 e. The lowest BCUT2D eigenvalue weighted by molar-refractivity contribution is 0.409. The first-order valence-corrected chi connectivity index (χ1v) is 5.74. The summed E-state index contributed by atoms with van der Waals surface area (Å²) in [5.41, 5.74) is 1.63. The fourth-order valence-corrected chi connectivity index (χ4v) is 1.81. The van der Waals surface area contributed by atoms with Crippen molar-refractivity contribution >= 4 is 0 Å². The molecule has 0 aliphatic heterocycles. The van der Waals surface area contributed by atoms with Gasteiger partial charge in [-0.25, -0.2) is 0 Å². The lowest BCUT2D eigenvalue weighted by Gasteiger charge is -2.25. The number of hydrogen-bond acceptors (Lipinski definition) is 1. The Hall–Kier alpha value is -0.980. The summed E-state index contributed by atoms with van der Waals surface area (Å²) in [5, 5.41) is 0. The van der Waals surface area contributed by atoms with Gasteiger partial charge in [-0.05, 0) is 29.5 Å². The molecule has 1 heteroatoms. The molecule has 0 aromatic heterocycles. The highest BCUT2D eigenvalue weighted by atomic mass is 16.5. The van der Waals surface area contributed by atoms with Crippen molar-refractivity contribution in [2.75, 3.05) is 7.11 Å². The van der Waals surface area contributed by atoms with Gasteiger partial charge in [0.05, 0.1) is 7.11 Å². The second-order valence-electron chi connectivity index (χ2n) is 4.72. The molecule has 1 nitrogen and oxygen atoms in total. The average molecular weight is 206 g/mol. The number of hydrogen-bond donors (Lipinski definition) is 0. The lowest BCUT2D eigenvalue weighted by atomic mass is 9.80. The minimum atomic E-state index is 0.255. The molecule has 0 atom stereocenters. The zero-order chi connectivity index (χ0) is 11.3. The Labute approximate surface area is 93.5 Å². The first-order valence-electron chi connectivity index (χ1n) is 5.74. The van der Waals surface area contributed by atoms with E-state index in [-0.39, 0.29) is 5.41 Å². The minimum absolute atomic E-state index is 0.255. The van der Waals surface area contributed by atoms with Gasteiger partial charge in [-0.1, -0.05) is 45.7 Å². The summed E-state index contributed by atoms with van der Waals surface area (Å²) in [7, 11) is 1.72. The van der Waals surface area contributed by atoms with Crippen molar-refractivity contribution in [1.82, 2.24) is 0 Å². The Morgan fingerprint density at radius 2 is 2.00 bits per heavy atom. The largest absolute Gasteiger partial charge is 0.497 e. The maximum atomic E-state index is 5.25. The summed E-state index contributed by atoms with van der Waals surface area (Å²) in [6.07, 6.45) is 3.77. The van der Waals surface area contributed by atoms with Crippen molar-refractivity contribution in [2.45, 2.75) is 45.4 Å². The molecule has 0 aliphatic rings. The molecular formula is C14H22O.